The lowest BCUT2D eigenvalue weighted by Gasteiger charge is -2.15. The van der Waals surface area contributed by atoms with E-state index in [1.54, 1.807) is 6.21 Å². The summed E-state index contributed by atoms with van der Waals surface area (Å²) in [5.41, 5.74) is 8.25. The summed E-state index contributed by atoms with van der Waals surface area (Å²) in [5.74, 6) is 0.509. The van der Waals surface area contributed by atoms with Gasteiger partial charge in [-0.1, -0.05) is 50.2 Å². The largest absolute Gasteiger partial charge is 0.573 e. The van der Waals surface area contributed by atoms with E-state index in [9.17, 15) is 13.2 Å². The number of nitrogens with one attached hydrogen (secondary N) is 2. The van der Waals surface area contributed by atoms with Gasteiger partial charge in [-0.2, -0.15) is 5.10 Å². The molecule has 0 fully saturated rings. The predicted molar refractivity (Wildman–Crippen MR) is 146 cm³/mol. The molecule has 38 heavy (non-hydrogen) atoms. The number of hydrogen-bond donors (Lipinski definition) is 2. The van der Waals surface area contributed by atoms with E-state index in [0.717, 1.165) is 22.4 Å². The molecule has 0 saturated carbocycles. The number of rotatable bonds is 7. The first kappa shape index (κ1) is 26.8. The number of aromatic nitrogens is 3. The average molecular weight is 539 g/mol. The molecule has 0 spiro atoms. The van der Waals surface area contributed by atoms with E-state index in [1.807, 2.05) is 31.2 Å². The zero-order valence-electron chi connectivity index (χ0n) is 20.8. The van der Waals surface area contributed by atoms with Crippen LogP contribution in [0.4, 0.5) is 18.9 Å². The van der Waals surface area contributed by atoms with E-state index in [0.29, 0.717) is 22.5 Å². The number of hydrogen-bond acceptors (Lipinski definition) is 5. The molecular formula is C27H25F3N6OS. The molecule has 1 aromatic heterocycles. The van der Waals surface area contributed by atoms with Crippen LogP contribution in [0.5, 0.6) is 5.75 Å². The van der Waals surface area contributed by atoms with Crippen LogP contribution in [0.15, 0.2) is 78.2 Å². The Kier molecular flexibility index (Phi) is 8.06. The fraction of sp³-hybridized carbons (Fsp3) is 0.185. The van der Waals surface area contributed by atoms with Gasteiger partial charge in [-0.3, -0.25) is 5.43 Å². The normalized spacial score (nSPS) is 11.7. The number of nitrogens with zero attached hydrogens (tertiary/aromatic N) is 4. The zero-order valence-corrected chi connectivity index (χ0v) is 21.6. The van der Waals surface area contributed by atoms with Crippen molar-refractivity contribution in [1.82, 2.24) is 20.2 Å². The second-order valence-corrected chi connectivity index (χ2v) is 9.15. The molecule has 0 saturated heterocycles. The number of ether oxygens (including phenoxy) is 1. The minimum atomic E-state index is -4.74. The van der Waals surface area contributed by atoms with E-state index < -0.39 is 6.36 Å². The van der Waals surface area contributed by atoms with Gasteiger partial charge in [-0.25, -0.2) is 9.67 Å². The first-order chi connectivity index (χ1) is 18.1. The highest BCUT2D eigenvalue weighted by molar-refractivity contribution is 7.80. The van der Waals surface area contributed by atoms with Gasteiger partial charge < -0.3 is 10.1 Å². The van der Waals surface area contributed by atoms with E-state index >= 15 is 0 Å². The molecule has 11 heteroatoms. The number of anilines is 1. The molecular weight excluding hydrogens is 513 g/mol. The standard InChI is InChI=1S/C27H25F3N6OS/c1-17(2)23-13-4-18(3)14-24(23)33-26(38)34-32-15-19-5-7-20(8-6-19)25-31-16-36(35-25)21-9-11-22(12-10-21)37-27(28,29)30/h4-17H,1-3H3,(H2,33,34,38). The molecule has 0 aliphatic rings. The lowest BCUT2D eigenvalue weighted by atomic mass is 9.99. The highest BCUT2D eigenvalue weighted by Crippen LogP contribution is 2.26. The van der Waals surface area contributed by atoms with Crippen molar-refractivity contribution in [3.8, 4) is 22.8 Å². The Labute approximate surface area is 223 Å². The molecule has 196 valence electrons. The first-order valence-electron chi connectivity index (χ1n) is 11.7. The highest BCUT2D eigenvalue weighted by atomic mass is 32.1. The van der Waals surface area contributed by atoms with Crippen LogP contribution < -0.4 is 15.5 Å². The molecule has 0 aliphatic carbocycles. The Hall–Kier alpha value is -4.25. The molecule has 4 rings (SSSR count). The second kappa shape index (κ2) is 11.4. The van der Waals surface area contributed by atoms with Gasteiger partial charge in [0.25, 0.3) is 0 Å². The van der Waals surface area contributed by atoms with Crippen LogP contribution in [-0.2, 0) is 0 Å². The maximum atomic E-state index is 12.3. The van der Waals surface area contributed by atoms with Crippen molar-refractivity contribution in [2.45, 2.75) is 33.1 Å². The Morgan fingerprint density at radius 3 is 2.42 bits per heavy atom. The molecule has 3 aromatic carbocycles. The molecule has 0 atom stereocenters. The van der Waals surface area contributed by atoms with Crippen LogP contribution in [0.2, 0.25) is 0 Å². The number of alkyl halides is 3. The predicted octanol–water partition coefficient (Wildman–Crippen LogP) is 6.59. The molecule has 1 heterocycles. The van der Waals surface area contributed by atoms with Crippen molar-refractivity contribution in [3.05, 3.63) is 89.7 Å². The van der Waals surface area contributed by atoms with Gasteiger partial charge in [0.1, 0.15) is 12.1 Å². The van der Waals surface area contributed by atoms with Crippen molar-refractivity contribution in [2.75, 3.05) is 5.32 Å². The molecule has 0 radical (unpaired) electrons. The van der Waals surface area contributed by atoms with Crippen LogP contribution in [0, 0.1) is 6.92 Å². The molecule has 0 aliphatic heterocycles. The third-order valence-corrected chi connectivity index (χ3v) is 5.65. The minimum Gasteiger partial charge on any atom is -0.406 e. The number of aryl methyl sites for hydroxylation is 1. The van der Waals surface area contributed by atoms with Crippen LogP contribution in [-0.4, -0.2) is 32.5 Å². The summed E-state index contributed by atoms with van der Waals surface area (Å²) < 4.78 is 42.4. The number of halogens is 3. The van der Waals surface area contributed by atoms with E-state index in [4.69, 9.17) is 12.2 Å². The summed E-state index contributed by atoms with van der Waals surface area (Å²) in [5, 5.41) is 12.2. The average Bonchev–Trinajstić information content (AvgIpc) is 3.34. The zero-order chi connectivity index (χ0) is 27.3. The topological polar surface area (TPSA) is 76.4 Å². The lowest BCUT2D eigenvalue weighted by molar-refractivity contribution is -0.274. The van der Waals surface area contributed by atoms with E-state index in [1.165, 1.54) is 40.8 Å². The summed E-state index contributed by atoms with van der Waals surface area (Å²) in [7, 11) is 0. The van der Waals surface area contributed by atoms with E-state index in [2.05, 4.69) is 62.7 Å². The molecule has 2 N–H and O–H groups in total. The quantitative estimate of drug-likeness (QED) is 0.157. The number of hydrazone groups is 1. The molecule has 0 amide bonds. The minimum absolute atomic E-state index is 0.305. The second-order valence-electron chi connectivity index (χ2n) is 8.75. The van der Waals surface area contributed by atoms with Crippen molar-refractivity contribution >= 4 is 29.2 Å². The van der Waals surface area contributed by atoms with Crippen LogP contribution in [0.1, 0.15) is 36.5 Å². The first-order valence-corrected chi connectivity index (χ1v) is 12.1. The van der Waals surface area contributed by atoms with Crippen molar-refractivity contribution in [2.24, 2.45) is 5.10 Å². The van der Waals surface area contributed by atoms with Gasteiger partial charge in [-0.05, 0) is 72.1 Å². The fourth-order valence-corrected chi connectivity index (χ4v) is 3.80. The van der Waals surface area contributed by atoms with Gasteiger partial charge in [0.15, 0.2) is 10.9 Å². The van der Waals surface area contributed by atoms with Crippen molar-refractivity contribution < 1.29 is 17.9 Å². The Bertz CT molecular complexity index is 1430. The summed E-state index contributed by atoms with van der Waals surface area (Å²) >= 11 is 5.39. The van der Waals surface area contributed by atoms with Gasteiger partial charge >= 0.3 is 6.36 Å². The third-order valence-electron chi connectivity index (χ3n) is 5.45. The fourth-order valence-electron chi connectivity index (χ4n) is 3.64. The molecule has 0 unspecified atom stereocenters. The SMILES string of the molecule is Cc1ccc(C(C)C)c(NC(=S)NN=Cc2ccc(-c3ncn(-c4ccc(OC(F)(F)F)cc4)n3)cc2)c1. The summed E-state index contributed by atoms with van der Waals surface area (Å²) in [6, 6.07) is 19.0. The van der Waals surface area contributed by atoms with Crippen molar-refractivity contribution in [1.29, 1.82) is 0 Å². The van der Waals surface area contributed by atoms with Gasteiger partial charge in [0.05, 0.1) is 11.9 Å². The molecule has 4 aromatic rings. The maximum absolute atomic E-state index is 12.3. The summed E-state index contributed by atoms with van der Waals surface area (Å²) in [6.07, 6.45) is -1.61. The highest BCUT2D eigenvalue weighted by Gasteiger charge is 2.31. The third kappa shape index (κ3) is 7.16. The van der Waals surface area contributed by atoms with Gasteiger partial charge in [0, 0.05) is 11.3 Å². The van der Waals surface area contributed by atoms with Crippen LogP contribution in [0.25, 0.3) is 17.1 Å². The van der Waals surface area contributed by atoms with Crippen LogP contribution >= 0.6 is 12.2 Å². The summed E-state index contributed by atoms with van der Waals surface area (Å²) in [6.45, 7) is 6.28. The monoisotopic (exact) mass is 538 g/mol. The molecule has 7 nitrogen and oxygen atoms in total. The smallest absolute Gasteiger partial charge is 0.406 e. The Balaban J connectivity index is 1.35. The van der Waals surface area contributed by atoms with Crippen molar-refractivity contribution in [3.63, 3.8) is 0 Å². The number of thiocarbonyl (C=S) groups is 1. The Morgan fingerprint density at radius 2 is 1.76 bits per heavy atom. The van der Waals surface area contributed by atoms with Crippen LogP contribution in [0.3, 0.4) is 0 Å². The van der Waals surface area contributed by atoms with Gasteiger partial charge in [0.2, 0.25) is 0 Å². The summed E-state index contributed by atoms with van der Waals surface area (Å²) in [4.78, 5) is 4.29. The van der Waals surface area contributed by atoms with E-state index in [-0.39, 0.29) is 5.75 Å². The van der Waals surface area contributed by atoms with Gasteiger partial charge in [-0.15, -0.1) is 18.3 Å². The number of benzene rings is 3. The molecule has 0 bridgehead atoms. The lowest BCUT2D eigenvalue weighted by Crippen LogP contribution is -2.24. The maximum Gasteiger partial charge on any atom is 0.573 e. The Morgan fingerprint density at radius 1 is 1.05 bits per heavy atom.